The smallest absolute Gasteiger partial charge is 0.131 e. The van der Waals surface area contributed by atoms with Crippen LogP contribution in [0.2, 0.25) is 0 Å². The molecule has 2 heterocycles. The SMILES string of the molecule is CC1(C)C2=C(C=CC3C2c2ccccc2N3c2ccc(C3=NC(c4ccccc4)NC(c4ccccc4)N3)cc2)c2ccccc21. The molecule has 0 saturated carbocycles. The normalized spacial score (nSPS) is 23.6. The van der Waals surface area contributed by atoms with Crippen molar-refractivity contribution >= 4 is 22.8 Å². The van der Waals surface area contributed by atoms with Gasteiger partial charge in [-0.1, -0.05) is 129 Å². The number of fused-ring (bicyclic) bond motifs is 6. The molecule has 2 aliphatic carbocycles. The Morgan fingerprint density at radius 2 is 1.37 bits per heavy atom. The Bertz CT molecular complexity index is 2040. The van der Waals surface area contributed by atoms with Crippen LogP contribution in [0.4, 0.5) is 11.4 Å². The highest BCUT2D eigenvalue weighted by Gasteiger charge is 2.49. The van der Waals surface area contributed by atoms with Crippen LogP contribution in [0.3, 0.4) is 0 Å². The van der Waals surface area contributed by atoms with Gasteiger partial charge in [-0.3, -0.25) is 5.32 Å². The van der Waals surface area contributed by atoms with Gasteiger partial charge in [0.15, 0.2) is 0 Å². The Hall–Kier alpha value is -5.19. The number of anilines is 2. The van der Waals surface area contributed by atoms with Gasteiger partial charge in [0.1, 0.15) is 18.2 Å². The van der Waals surface area contributed by atoms with E-state index in [0.717, 1.165) is 17.0 Å². The van der Waals surface area contributed by atoms with E-state index in [1.165, 1.54) is 39.2 Å². The predicted molar refractivity (Wildman–Crippen MR) is 188 cm³/mol. The lowest BCUT2D eigenvalue weighted by molar-refractivity contribution is 0.409. The molecule has 2 aliphatic heterocycles. The minimum atomic E-state index is -0.151. The van der Waals surface area contributed by atoms with Crippen molar-refractivity contribution in [2.75, 3.05) is 4.90 Å². The van der Waals surface area contributed by atoms with Crippen LogP contribution >= 0.6 is 0 Å². The Morgan fingerprint density at radius 3 is 2.15 bits per heavy atom. The van der Waals surface area contributed by atoms with E-state index >= 15 is 0 Å². The summed E-state index contributed by atoms with van der Waals surface area (Å²) in [7, 11) is 0. The third-order valence-electron chi connectivity index (χ3n) is 10.3. The lowest BCUT2D eigenvalue weighted by Gasteiger charge is -2.36. The molecule has 0 fully saturated rings. The third kappa shape index (κ3) is 4.14. The van der Waals surface area contributed by atoms with E-state index in [2.05, 4.69) is 175 Å². The second kappa shape index (κ2) is 10.4. The summed E-state index contributed by atoms with van der Waals surface area (Å²) >= 11 is 0. The van der Waals surface area contributed by atoms with Crippen molar-refractivity contribution in [3.63, 3.8) is 0 Å². The van der Waals surface area contributed by atoms with E-state index in [9.17, 15) is 0 Å². The minimum absolute atomic E-state index is 0.0317. The lowest BCUT2D eigenvalue weighted by atomic mass is 9.70. The molecule has 0 saturated heterocycles. The number of aliphatic imine (C=N–C) groups is 1. The van der Waals surface area contributed by atoms with Crippen LogP contribution < -0.4 is 15.5 Å². The van der Waals surface area contributed by atoms with Crippen LogP contribution in [0.5, 0.6) is 0 Å². The Labute approximate surface area is 270 Å². The first-order valence-corrected chi connectivity index (χ1v) is 16.3. The number of hydrogen-bond acceptors (Lipinski definition) is 4. The number of nitrogens with zero attached hydrogens (tertiary/aromatic N) is 2. The fraction of sp³-hybridized carbons (Fsp3) is 0.167. The lowest BCUT2D eigenvalue weighted by Crippen LogP contribution is -2.44. The summed E-state index contributed by atoms with van der Waals surface area (Å²) in [6, 6.07) is 48.2. The van der Waals surface area contributed by atoms with Gasteiger partial charge in [0.05, 0.1) is 6.04 Å². The Balaban J connectivity index is 1.08. The maximum Gasteiger partial charge on any atom is 0.131 e. The first kappa shape index (κ1) is 27.1. The average Bonchev–Trinajstić information content (AvgIpc) is 3.57. The van der Waals surface area contributed by atoms with E-state index in [0.29, 0.717) is 5.92 Å². The topological polar surface area (TPSA) is 39.7 Å². The zero-order chi connectivity index (χ0) is 30.8. The van der Waals surface area contributed by atoms with Gasteiger partial charge in [-0.15, -0.1) is 0 Å². The van der Waals surface area contributed by atoms with Gasteiger partial charge in [0.25, 0.3) is 0 Å². The van der Waals surface area contributed by atoms with Crippen LogP contribution in [0, 0.1) is 0 Å². The van der Waals surface area contributed by atoms with Crippen LogP contribution in [-0.4, -0.2) is 11.9 Å². The van der Waals surface area contributed by atoms with Gasteiger partial charge < -0.3 is 10.2 Å². The van der Waals surface area contributed by atoms with Crippen molar-refractivity contribution in [2.45, 2.75) is 43.6 Å². The summed E-state index contributed by atoms with van der Waals surface area (Å²) in [6.45, 7) is 4.81. The number of nitrogens with one attached hydrogen (secondary N) is 2. The molecule has 2 N–H and O–H groups in total. The standard InChI is InChI=1S/C42H36N4/c1-42(2)34-19-11-9-17-31(34)32-25-26-36-37(38(32)42)33-18-10-12-20-35(33)46(36)30-23-21-29(22-24-30)41-44-39(27-13-5-3-6-14-27)43-40(45-41)28-15-7-4-8-16-28/h3-26,36-37,39-40,43H,1-2H3,(H,44,45). The summed E-state index contributed by atoms with van der Waals surface area (Å²) in [5.74, 6) is 1.19. The van der Waals surface area contributed by atoms with Gasteiger partial charge >= 0.3 is 0 Å². The van der Waals surface area contributed by atoms with Crippen molar-refractivity contribution in [1.29, 1.82) is 0 Å². The molecule has 9 rings (SSSR count). The largest absolute Gasteiger partial charge is 0.350 e. The molecule has 4 aliphatic rings. The van der Waals surface area contributed by atoms with E-state index in [1.54, 1.807) is 5.57 Å². The summed E-state index contributed by atoms with van der Waals surface area (Å²) in [4.78, 5) is 7.70. The molecule has 0 spiro atoms. The average molecular weight is 597 g/mol. The predicted octanol–water partition coefficient (Wildman–Crippen LogP) is 8.94. The molecule has 0 amide bonds. The van der Waals surface area contributed by atoms with Crippen LogP contribution in [0.25, 0.3) is 5.57 Å². The molecule has 4 unspecified atom stereocenters. The maximum absolute atomic E-state index is 5.16. The quantitative estimate of drug-likeness (QED) is 0.218. The molecule has 224 valence electrons. The van der Waals surface area contributed by atoms with E-state index < -0.39 is 0 Å². The number of hydrogen-bond donors (Lipinski definition) is 2. The monoisotopic (exact) mass is 596 g/mol. The highest BCUT2D eigenvalue weighted by molar-refractivity contribution is 6.00. The zero-order valence-electron chi connectivity index (χ0n) is 26.1. The fourth-order valence-electron chi connectivity index (χ4n) is 8.23. The van der Waals surface area contributed by atoms with Gasteiger partial charge in [0.2, 0.25) is 0 Å². The Kier molecular flexibility index (Phi) is 6.16. The molecular weight excluding hydrogens is 560 g/mol. The number of allylic oxidation sites excluding steroid dienone is 2. The second-order valence-electron chi connectivity index (χ2n) is 13.2. The van der Waals surface area contributed by atoms with Gasteiger partial charge in [0, 0.05) is 28.3 Å². The molecule has 5 aromatic carbocycles. The van der Waals surface area contributed by atoms with Gasteiger partial charge in [-0.25, -0.2) is 4.99 Å². The summed E-state index contributed by atoms with van der Waals surface area (Å²) in [6.07, 6.45) is 4.61. The molecule has 46 heavy (non-hydrogen) atoms. The fourth-order valence-corrected chi connectivity index (χ4v) is 8.23. The molecule has 5 aromatic rings. The highest BCUT2D eigenvalue weighted by Crippen LogP contribution is 2.60. The number of benzene rings is 5. The molecule has 0 radical (unpaired) electrons. The summed E-state index contributed by atoms with van der Waals surface area (Å²) in [5.41, 5.74) is 13.0. The number of rotatable bonds is 4. The molecule has 4 nitrogen and oxygen atoms in total. The van der Waals surface area contributed by atoms with E-state index in [4.69, 9.17) is 4.99 Å². The second-order valence-corrected chi connectivity index (χ2v) is 13.2. The summed E-state index contributed by atoms with van der Waals surface area (Å²) < 4.78 is 0. The van der Waals surface area contributed by atoms with Crippen molar-refractivity contribution < 1.29 is 0 Å². The minimum Gasteiger partial charge on any atom is -0.350 e. The maximum atomic E-state index is 5.16. The molecule has 0 bridgehead atoms. The van der Waals surface area contributed by atoms with E-state index in [-0.39, 0.29) is 23.8 Å². The number of para-hydroxylation sites is 1. The number of amidine groups is 1. The van der Waals surface area contributed by atoms with Gasteiger partial charge in [-0.2, -0.15) is 0 Å². The van der Waals surface area contributed by atoms with Crippen molar-refractivity contribution in [3.8, 4) is 0 Å². The van der Waals surface area contributed by atoms with E-state index in [1.807, 2.05) is 0 Å². The van der Waals surface area contributed by atoms with Crippen LogP contribution in [0.1, 0.15) is 65.5 Å². The zero-order valence-corrected chi connectivity index (χ0v) is 26.1. The molecule has 4 atom stereocenters. The molecule has 4 heteroatoms. The van der Waals surface area contributed by atoms with Crippen LogP contribution in [0.15, 0.2) is 156 Å². The van der Waals surface area contributed by atoms with Crippen LogP contribution in [-0.2, 0) is 5.41 Å². The van der Waals surface area contributed by atoms with Crippen molar-refractivity contribution in [3.05, 3.63) is 185 Å². The molecule has 0 aromatic heterocycles. The highest BCUT2D eigenvalue weighted by atomic mass is 15.3. The van der Waals surface area contributed by atoms with Crippen molar-refractivity contribution in [2.24, 2.45) is 4.99 Å². The summed E-state index contributed by atoms with van der Waals surface area (Å²) in [5, 5.41) is 7.38. The molecular formula is C42H36N4. The first-order valence-electron chi connectivity index (χ1n) is 16.3. The first-order chi connectivity index (χ1) is 22.6. The van der Waals surface area contributed by atoms with Gasteiger partial charge in [-0.05, 0) is 69.3 Å². The Morgan fingerprint density at radius 1 is 0.696 bits per heavy atom. The van der Waals surface area contributed by atoms with Crippen molar-refractivity contribution in [1.82, 2.24) is 10.6 Å². The third-order valence-corrected chi connectivity index (χ3v) is 10.3.